The molecule has 2 aromatic heterocycles. The standard InChI is InChI=1S/C15H18ClFN4S/c1-8-5-4-6-21(7-8)14-10-9(2)18-13(16)11(17)12(10)19-15(20-14)22-3/h8H,4-7H2,1-3H3. The van der Waals surface area contributed by atoms with Gasteiger partial charge in [-0.3, -0.25) is 0 Å². The minimum atomic E-state index is -0.564. The lowest BCUT2D eigenvalue weighted by molar-refractivity contribution is 0.444. The Morgan fingerprint density at radius 3 is 2.77 bits per heavy atom. The largest absolute Gasteiger partial charge is 0.356 e. The molecule has 1 aliphatic rings. The Bertz CT molecular complexity index is 724. The number of anilines is 1. The monoisotopic (exact) mass is 340 g/mol. The van der Waals surface area contributed by atoms with E-state index in [4.69, 9.17) is 11.6 Å². The highest BCUT2D eigenvalue weighted by molar-refractivity contribution is 7.98. The summed E-state index contributed by atoms with van der Waals surface area (Å²) < 4.78 is 14.4. The van der Waals surface area contributed by atoms with Crippen LogP contribution in [0.15, 0.2) is 5.16 Å². The van der Waals surface area contributed by atoms with Gasteiger partial charge in [-0.05, 0) is 31.9 Å². The molecule has 0 bridgehead atoms. The molecule has 0 amide bonds. The number of aromatic nitrogens is 3. The van der Waals surface area contributed by atoms with E-state index in [9.17, 15) is 4.39 Å². The van der Waals surface area contributed by atoms with Gasteiger partial charge >= 0.3 is 0 Å². The average Bonchev–Trinajstić information content (AvgIpc) is 2.51. The molecular weight excluding hydrogens is 323 g/mol. The Morgan fingerprint density at radius 2 is 2.09 bits per heavy atom. The number of thioether (sulfide) groups is 1. The number of hydrogen-bond acceptors (Lipinski definition) is 5. The molecule has 2 aromatic rings. The summed E-state index contributed by atoms with van der Waals surface area (Å²) in [4.78, 5) is 15.3. The maximum Gasteiger partial charge on any atom is 0.189 e. The number of hydrogen-bond donors (Lipinski definition) is 0. The smallest absolute Gasteiger partial charge is 0.189 e. The van der Waals surface area contributed by atoms with E-state index in [0.29, 0.717) is 22.2 Å². The molecule has 1 atom stereocenters. The molecule has 3 rings (SSSR count). The molecule has 0 aliphatic carbocycles. The summed E-state index contributed by atoms with van der Waals surface area (Å²) >= 11 is 7.29. The first-order valence-electron chi connectivity index (χ1n) is 7.33. The Kier molecular flexibility index (Phi) is 4.41. The van der Waals surface area contributed by atoms with Crippen molar-refractivity contribution in [2.24, 2.45) is 5.92 Å². The molecule has 7 heteroatoms. The van der Waals surface area contributed by atoms with Crippen LogP contribution in [0.1, 0.15) is 25.5 Å². The first-order valence-corrected chi connectivity index (χ1v) is 8.93. The lowest BCUT2D eigenvalue weighted by atomic mass is 10.00. The lowest BCUT2D eigenvalue weighted by Crippen LogP contribution is -2.35. The van der Waals surface area contributed by atoms with Crippen LogP contribution in [-0.4, -0.2) is 34.3 Å². The molecule has 3 heterocycles. The van der Waals surface area contributed by atoms with Gasteiger partial charge in [0.25, 0.3) is 0 Å². The second-order valence-electron chi connectivity index (χ2n) is 5.75. The number of rotatable bonds is 2. The van der Waals surface area contributed by atoms with Crippen molar-refractivity contribution in [2.45, 2.75) is 31.8 Å². The van der Waals surface area contributed by atoms with Crippen LogP contribution >= 0.6 is 23.4 Å². The molecule has 4 nitrogen and oxygen atoms in total. The van der Waals surface area contributed by atoms with Gasteiger partial charge in [0.05, 0.1) is 11.1 Å². The Hall–Kier alpha value is -1.14. The van der Waals surface area contributed by atoms with Crippen LogP contribution in [-0.2, 0) is 0 Å². The minimum absolute atomic E-state index is 0.131. The van der Waals surface area contributed by atoms with E-state index in [1.54, 1.807) is 0 Å². The van der Waals surface area contributed by atoms with Crippen molar-refractivity contribution in [3.63, 3.8) is 0 Å². The summed E-state index contributed by atoms with van der Waals surface area (Å²) in [5.74, 6) is 0.814. The fourth-order valence-electron chi connectivity index (χ4n) is 2.97. The van der Waals surface area contributed by atoms with Crippen LogP contribution in [0.3, 0.4) is 0 Å². The van der Waals surface area contributed by atoms with Crippen molar-refractivity contribution in [3.05, 3.63) is 16.7 Å². The third-order valence-electron chi connectivity index (χ3n) is 4.03. The topological polar surface area (TPSA) is 41.9 Å². The second-order valence-corrected chi connectivity index (χ2v) is 6.88. The molecular formula is C15H18ClFN4S. The summed E-state index contributed by atoms with van der Waals surface area (Å²) in [5, 5.41) is 1.10. The maximum absolute atomic E-state index is 14.4. The van der Waals surface area contributed by atoms with Gasteiger partial charge in [0.1, 0.15) is 11.3 Å². The van der Waals surface area contributed by atoms with E-state index in [-0.39, 0.29) is 10.7 Å². The van der Waals surface area contributed by atoms with Crippen molar-refractivity contribution in [3.8, 4) is 0 Å². The van der Waals surface area contributed by atoms with Crippen LogP contribution in [0.4, 0.5) is 10.2 Å². The van der Waals surface area contributed by atoms with Crippen LogP contribution < -0.4 is 4.90 Å². The predicted molar refractivity (Wildman–Crippen MR) is 89.4 cm³/mol. The molecule has 1 fully saturated rings. The van der Waals surface area contributed by atoms with E-state index in [0.717, 1.165) is 25.3 Å². The first kappa shape index (κ1) is 15.7. The van der Waals surface area contributed by atoms with Crippen molar-refractivity contribution in [2.75, 3.05) is 24.2 Å². The number of nitrogens with zero attached hydrogens (tertiary/aromatic N) is 4. The van der Waals surface area contributed by atoms with E-state index >= 15 is 0 Å². The lowest BCUT2D eigenvalue weighted by Gasteiger charge is -2.32. The highest BCUT2D eigenvalue weighted by Crippen LogP contribution is 2.34. The quantitative estimate of drug-likeness (QED) is 0.468. The van der Waals surface area contributed by atoms with Crippen molar-refractivity contribution in [1.82, 2.24) is 15.0 Å². The van der Waals surface area contributed by atoms with Crippen molar-refractivity contribution in [1.29, 1.82) is 0 Å². The van der Waals surface area contributed by atoms with Gasteiger partial charge in [-0.25, -0.2) is 19.3 Å². The van der Waals surface area contributed by atoms with Crippen LogP contribution in [0.5, 0.6) is 0 Å². The normalized spacial score (nSPS) is 19.0. The van der Waals surface area contributed by atoms with Crippen molar-refractivity contribution >= 4 is 40.1 Å². The van der Waals surface area contributed by atoms with Gasteiger partial charge in [0.15, 0.2) is 16.1 Å². The zero-order valence-corrected chi connectivity index (χ0v) is 14.4. The van der Waals surface area contributed by atoms with Crippen LogP contribution in [0.2, 0.25) is 5.15 Å². The number of piperidine rings is 1. The van der Waals surface area contributed by atoms with E-state index in [2.05, 4.69) is 26.8 Å². The van der Waals surface area contributed by atoms with Gasteiger partial charge in [-0.1, -0.05) is 30.3 Å². The summed E-state index contributed by atoms with van der Waals surface area (Å²) in [6.07, 6.45) is 4.22. The third kappa shape index (κ3) is 2.74. The fraction of sp³-hybridized carbons (Fsp3) is 0.533. The zero-order valence-electron chi connectivity index (χ0n) is 12.9. The highest BCUT2D eigenvalue weighted by atomic mass is 35.5. The minimum Gasteiger partial charge on any atom is -0.356 e. The highest BCUT2D eigenvalue weighted by Gasteiger charge is 2.24. The van der Waals surface area contributed by atoms with Crippen LogP contribution in [0.25, 0.3) is 10.9 Å². The molecule has 0 radical (unpaired) electrons. The Balaban J connectivity index is 2.25. The van der Waals surface area contributed by atoms with E-state index in [1.165, 1.54) is 18.2 Å². The van der Waals surface area contributed by atoms with Crippen LogP contribution in [0, 0.1) is 18.7 Å². The molecule has 1 aliphatic heterocycles. The van der Waals surface area contributed by atoms with Gasteiger partial charge in [0.2, 0.25) is 0 Å². The summed E-state index contributed by atoms with van der Waals surface area (Å²) in [5.41, 5.74) is 0.937. The number of fused-ring (bicyclic) bond motifs is 1. The predicted octanol–water partition coefficient (Wildman–Crippen LogP) is 4.08. The molecule has 1 unspecified atom stereocenters. The maximum atomic E-state index is 14.4. The fourth-order valence-corrected chi connectivity index (χ4v) is 3.55. The molecule has 1 saturated heterocycles. The zero-order chi connectivity index (χ0) is 15.9. The number of aryl methyl sites for hydroxylation is 1. The van der Waals surface area contributed by atoms with Gasteiger partial charge in [0, 0.05) is 13.1 Å². The summed E-state index contributed by atoms with van der Waals surface area (Å²) in [6, 6.07) is 0. The molecule has 0 aromatic carbocycles. The molecule has 22 heavy (non-hydrogen) atoms. The molecule has 0 N–H and O–H groups in total. The summed E-state index contributed by atoms with van der Waals surface area (Å²) in [6.45, 7) is 5.90. The van der Waals surface area contributed by atoms with Crippen molar-refractivity contribution < 1.29 is 4.39 Å². The Labute approximate surface area is 138 Å². The average molecular weight is 341 g/mol. The molecule has 0 spiro atoms. The van der Waals surface area contributed by atoms with E-state index < -0.39 is 5.82 Å². The SMILES string of the molecule is CSc1nc(N2CCCC(C)C2)c2c(C)nc(Cl)c(F)c2n1. The first-order chi connectivity index (χ1) is 10.5. The Morgan fingerprint density at radius 1 is 1.32 bits per heavy atom. The van der Waals surface area contributed by atoms with E-state index in [1.807, 2.05) is 13.2 Å². The van der Waals surface area contributed by atoms with Gasteiger partial charge in [-0.2, -0.15) is 0 Å². The third-order valence-corrected chi connectivity index (χ3v) is 4.82. The van der Waals surface area contributed by atoms with Gasteiger partial charge in [-0.15, -0.1) is 0 Å². The number of halogens is 2. The number of pyridine rings is 1. The second kappa shape index (κ2) is 6.16. The summed E-state index contributed by atoms with van der Waals surface area (Å²) in [7, 11) is 0. The molecule has 118 valence electrons. The van der Waals surface area contributed by atoms with Gasteiger partial charge < -0.3 is 4.90 Å². The molecule has 0 saturated carbocycles.